The Labute approximate surface area is 91.3 Å². The van der Waals surface area contributed by atoms with Crippen LogP contribution in [0.4, 0.5) is 5.82 Å². The molecule has 0 aliphatic heterocycles. The summed E-state index contributed by atoms with van der Waals surface area (Å²) in [5.41, 5.74) is 0.532. The minimum atomic E-state index is 0.532. The lowest BCUT2D eigenvalue weighted by Crippen LogP contribution is -2.30. The molecule has 3 nitrogen and oxygen atoms in total. The Balaban J connectivity index is 1.88. The van der Waals surface area contributed by atoms with Crippen LogP contribution in [0, 0.1) is 5.41 Å². The van der Waals surface area contributed by atoms with Crippen LogP contribution in [0.25, 0.3) is 0 Å². The van der Waals surface area contributed by atoms with Crippen LogP contribution in [0.2, 0.25) is 0 Å². The average Bonchev–Trinajstić information content (AvgIpc) is 2.23. The molecule has 1 aromatic heterocycles. The van der Waals surface area contributed by atoms with E-state index in [0.29, 0.717) is 11.5 Å². The van der Waals surface area contributed by atoms with Crippen molar-refractivity contribution in [3.05, 3.63) is 18.6 Å². The predicted molar refractivity (Wildman–Crippen MR) is 61.7 cm³/mol. The van der Waals surface area contributed by atoms with E-state index < -0.39 is 0 Å². The standard InChI is InChI=1S/C12H19N3/c1-12(2)6-3-10(4-7-12)15-11-5-8-13-9-14-11/h5,8-10H,3-4,6-7H2,1-2H3,(H,13,14,15). The van der Waals surface area contributed by atoms with E-state index in [1.807, 2.05) is 6.07 Å². The van der Waals surface area contributed by atoms with E-state index >= 15 is 0 Å². The first-order valence-electron chi connectivity index (χ1n) is 5.68. The monoisotopic (exact) mass is 205 g/mol. The van der Waals surface area contributed by atoms with Gasteiger partial charge in [0, 0.05) is 12.2 Å². The lowest BCUT2D eigenvalue weighted by molar-refractivity contribution is 0.232. The van der Waals surface area contributed by atoms with E-state index in [2.05, 4.69) is 29.1 Å². The summed E-state index contributed by atoms with van der Waals surface area (Å²) in [5, 5.41) is 3.47. The second-order valence-electron chi connectivity index (χ2n) is 5.18. The lowest BCUT2D eigenvalue weighted by atomic mass is 9.75. The molecule has 0 saturated heterocycles. The van der Waals surface area contributed by atoms with Crippen molar-refractivity contribution >= 4 is 5.82 Å². The summed E-state index contributed by atoms with van der Waals surface area (Å²) in [6, 6.07) is 2.52. The van der Waals surface area contributed by atoms with Gasteiger partial charge in [-0.15, -0.1) is 0 Å². The van der Waals surface area contributed by atoms with Gasteiger partial charge in [-0.1, -0.05) is 13.8 Å². The normalized spacial score (nSPS) is 21.2. The van der Waals surface area contributed by atoms with Gasteiger partial charge in [0.05, 0.1) is 0 Å². The van der Waals surface area contributed by atoms with Crippen molar-refractivity contribution in [1.82, 2.24) is 9.97 Å². The molecule has 3 heteroatoms. The molecule has 1 N–H and O–H groups in total. The number of nitrogens with zero attached hydrogens (tertiary/aromatic N) is 2. The molecule has 1 saturated carbocycles. The quantitative estimate of drug-likeness (QED) is 0.806. The lowest BCUT2D eigenvalue weighted by Gasteiger charge is -2.34. The first kappa shape index (κ1) is 10.4. The van der Waals surface area contributed by atoms with Gasteiger partial charge in [0.25, 0.3) is 0 Å². The Kier molecular flexibility index (Phi) is 2.89. The number of nitrogens with one attached hydrogen (secondary N) is 1. The van der Waals surface area contributed by atoms with Crippen LogP contribution in [0.15, 0.2) is 18.6 Å². The smallest absolute Gasteiger partial charge is 0.129 e. The Morgan fingerprint density at radius 3 is 2.67 bits per heavy atom. The second kappa shape index (κ2) is 4.17. The second-order valence-corrected chi connectivity index (χ2v) is 5.18. The van der Waals surface area contributed by atoms with Gasteiger partial charge in [-0.2, -0.15) is 0 Å². The van der Waals surface area contributed by atoms with Gasteiger partial charge in [0.2, 0.25) is 0 Å². The number of aromatic nitrogens is 2. The summed E-state index contributed by atoms with van der Waals surface area (Å²) in [7, 11) is 0. The van der Waals surface area contributed by atoms with Gasteiger partial charge < -0.3 is 5.32 Å². The van der Waals surface area contributed by atoms with E-state index in [0.717, 1.165) is 5.82 Å². The van der Waals surface area contributed by atoms with Gasteiger partial charge >= 0.3 is 0 Å². The maximum absolute atomic E-state index is 4.19. The zero-order valence-electron chi connectivity index (χ0n) is 9.53. The SMILES string of the molecule is CC1(C)CCC(Nc2ccncn2)CC1. The minimum absolute atomic E-state index is 0.532. The van der Waals surface area contributed by atoms with E-state index in [4.69, 9.17) is 0 Å². The molecule has 1 heterocycles. The molecule has 0 aromatic carbocycles. The molecule has 0 spiro atoms. The van der Waals surface area contributed by atoms with Gasteiger partial charge in [-0.25, -0.2) is 9.97 Å². The van der Waals surface area contributed by atoms with Crippen molar-refractivity contribution in [2.45, 2.75) is 45.6 Å². The fourth-order valence-electron chi connectivity index (χ4n) is 2.13. The third kappa shape index (κ3) is 2.91. The fourth-order valence-corrected chi connectivity index (χ4v) is 2.13. The van der Waals surface area contributed by atoms with Crippen LogP contribution in [-0.2, 0) is 0 Å². The van der Waals surface area contributed by atoms with Gasteiger partial charge in [-0.05, 0) is 37.2 Å². The number of anilines is 1. The van der Waals surface area contributed by atoms with Crippen LogP contribution in [0.3, 0.4) is 0 Å². The number of rotatable bonds is 2. The highest BCUT2D eigenvalue weighted by atomic mass is 15.0. The van der Waals surface area contributed by atoms with Crippen LogP contribution in [0.1, 0.15) is 39.5 Å². The molecule has 0 bridgehead atoms. The highest BCUT2D eigenvalue weighted by Crippen LogP contribution is 2.35. The van der Waals surface area contributed by atoms with Crippen LogP contribution in [0.5, 0.6) is 0 Å². The Hall–Kier alpha value is -1.12. The van der Waals surface area contributed by atoms with Crippen molar-refractivity contribution in [3.63, 3.8) is 0 Å². The number of hydrogen-bond acceptors (Lipinski definition) is 3. The van der Waals surface area contributed by atoms with Crippen molar-refractivity contribution < 1.29 is 0 Å². The highest BCUT2D eigenvalue weighted by Gasteiger charge is 2.26. The summed E-state index contributed by atoms with van der Waals surface area (Å²) >= 11 is 0. The Bertz CT molecular complexity index is 298. The first-order valence-corrected chi connectivity index (χ1v) is 5.68. The molecule has 1 aromatic rings. The Morgan fingerprint density at radius 1 is 1.33 bits per heavy atom. The molecule has 0 radical (unpaired) electrons. The van der Waals surface area contributed by atoms with Crippen molar-refractivity contribution in [2.24, 2.45) is 5.41 Å². The maximum atomic E-state index is 4.19. The first-order chi connectivity index (χ1) is 7.16. The third-order valence-corrected chi connectivity index (χ3v) is 3.27. The van der Waals surface area contributed by atoms with Crippen molar-refractivity contribution in [1.29, 1.82) is 0 Å². The van der Waals surface area contributed by atoms with Crippen LogP contribution < -0.4 is 5.32 Å². The van der Waals surface area contributed by atoms with E-state index in [9.17, 15) is 0 Å². The fraction of sp³-hybridized carbons (Fsp3) is 0.667. The molecule has 0 unspecified atom stereocenters. The zero-order chi connectivity index (χ0) is 10.7. The number of hydrogen-bond donors (Lipinski definition) is 1. The zero-order valence-corrected chi connectivity index (χ0v) is 9.53. The maximum Gasteiger partial charge on any atom is 0.129 e. The van der Waals surface area contributed by atoms with Gasteiger partial charge in [0.15, 0.2) is 0 Å². The molecule has 15 heavy (non-hydrogen) atoms. The predicted octanol–water partition coefficient (Wildman–Crippen LogP) is 2.86. The largest absolute Gasteiger partial charge is 0.367 e. The summed E-state index contributed by atoms with van der Waals surface area (Å²) in [5.74, 6) is 0.953. The molecular formula is C12H19N3. The van der Waals surface area contributed by atoms with Crippen molar-refractivity contribution in [3.8, 4) is 0 Å². The molecular weight excluding hydrogens is 186 g/mol. The van der Waals surface area contributed by atoms with E-state index in [1.54, 1.807) is 12.5 Å². The average molecular weight is 205 g/mol. The summed E-state index contributed by atoms with van der Waals surface area (Å²) in [6.45, 7) is 4.71. The summed E-state index contributed by atoms with van der Waals surface area (Å²) in [6.07, 6.45) is 8.47. The molecule has 1 aliphatic carbocycles. The minimum Gasteiger partial charge on any atom is -0.367 e. The molecule has 0 amide bonds. The van der Waals surface area contributed by atoms with Crippen molar-refractivity contribution in [2.75, 3.05) is 5.32 Å². The van der Waals surface area contributed by atoms with E-state index in [-0.39, 0.29) is 0 Å². The molecule has 0 atom stereocenters. The molecule has 1 aliphatic rings. The molecule has 82 valence electrons. The topological polar surface area (TPSA) is 37.8 Å². The van der Waals surface area contributed by atoms with Crippen LogP contribution in [-0.4, -0.2) is 16.0 Å². The third-order valence-electron chi connectivity index (χ3n) is 3.27. The van der Waals surface area contributed by atoms with Gasteiger partial charge in [0.1, 0.15) is 12.1 Å². The highest BCUT2D eigenvalue weighted by molar-refractivity contribution is 5.33. The Morgan fingerprint density at radius 2 is 2.07 bits per heavy atom. The summed E-state index contributed by atoms with van der Waals surface area (Å²) in [4.78, 5) is 8.10. The summed E-state index contributed by atoms with van der Waals surface area (Å²) < 4.78 is 0. The van der Waals surface area contributed by atoms with E-state index in [1.165, 1.54) is 25.7 Å². The van der Waals surface area contributed by atoms with Crippen LogP contribution >= 0.6 is 0 Å². The molecule has 2 rings (SSSR count). The molecule has 1 fully saturated rings. The van der Waals surface area contributed by atoms with Gasteiger partial charge in [-0.3, -0.25) is 0 Å².